The normalized spacial score (nSPS) is 11.4. The van der Waals surface area contributed by atoms with E-state index in [0.29, 0.717) is 0 Å². The Hall–Kier alpha value is -2.64. The van der Waals surface area contributed by atoms with Gasteiger partial charge in [-0.3, -0.25) is 0 Å². The highest BCUT2D eigenvalue weighted by Gasteiger charge is 2.09. The number of fused-ring (bicyclic) bond motifs is 3. The summed E-state index contributed by atoms with van der Waals surface area (Å²) in [5, 5.41) is 7.60. The van der Waals surface area contributed by atoms with Crippen LogP contribution in [0.4, 0.5) is 0 Å². The van der Waals surface area contributed by atoms with E-state index < -0.39 is 0 Å². The van der Waals surface area contributed by atoms with Crippen LogP contribution in [0.2, 0.25) is 0 Å². The average molecular weight is 383 g/mol. The van der Waals surface area contributed by atoms with Gasteiger partial charge in [0.2, 0.25) is 0 Å². The van der Waals surface area contributed by atoms with Crippen LogP contribution in [0.1, 0.15) is 0 Å². The van der Waals surface area contributed by atoms with Crippen molar-refractivity contribution >= 4 is 48.2 Å². The summed E-state index contributed by atoms with van der Waals surface area (Å²) < 4.78 is 1.16. The monoisotopic (exact) mass is 382 g/mol. The topological polar surface area (TPSA) is 0 Å². The van der Waals surface area contributed by atoms with Crippen molar-refractivity contribution in [1.29, 1.82) is 0 Å². The minimum atomic E-state index is 1.16. The van der Waals surface area contributed by atoms with Crippen LogP contribution in [0.3, 0.4) is 0 Å². The van der Waals surface area contributed by atoms with E-state index in [-0.39, 0.29) is 0 Å². The van der Waals surface area contributed by atoms with Crippen molar-refractivity contribution in [2.45, 2.75) is 0 Å². The summed E-state index contributed by atoms with van der Waals surface area (Å²) in [5.41, 5.74) is 2.47. The Kier molecular flexibility index (Phi) is 3.36. The third-order valence-corrected chi connectivity index (χ3v) is 5.74. The zero-order valence-corrected chi connectivity index (χ0v) is 15.1. The number of rotatable bonds is 1. The van der Waals surface area contributed by atoms with E-state index in [2.05, 4.69) is 107 Å². The van der Waals surface area contributed by atoms with Crippen LogP contribution in [0.25, 0.3) is 43.4 Å². The molecule has 0 aromatic heterocycles. The molecular formula is C24H15Br. The first kappa shape index (κ1) is 14.7. The van der Waals surface area contributed by atoms with Crippen molar-refractivity contribution in [2.75, 3.05) is 0 Å². The fraction of sp³-hybridized carbons (Fsp3) is 0. The van der Waals surface area contributed by atoms with Crippen LogP contribution in [0.5, 0.6) is 0 Å². The smallest absolute Gasteiger partial charge is 0.0332 e. The molecule has 0 N–H and O–H groups in total. The van der Waals surface area contributed by atoms with E-state index >= 15 is 0 Å². The largest absolute Gasteiger partial charge is 0.0616 e. The van der Waals surface area contributed by atoms with Gasteiger partial charge in [-0.25, -0.2) is 0 Å². The molecule has 25 heavy (non-hydrogen) atoms. The molecule has 0 fully saturated rings. The molecule has 0 bridgehead atoms. The molecule has 0 radical (unpaired) electrons. The summed E-state index contributed by atoms with van der Waals surface area (Å²) in [7, 11) is 0. The Morgan fingerprint density at radius 1 is 0.480 bits per heavy atom. The molecule has 5 rings (SSSR count). The van der Waals surface area contributed by atoms with E-state index in [1.807, 2.05) is 0 Å². The van der Waals surface area contributed by atoms with Gasteiger partial charge in [0.25, 0.3) is 0 Å². The summed E-state index contributed by atoms with van der Waals surface area (Å²) in [6.45, 7) is 0. The highest BCUT2D eigenvalue weighted by Crippen LogP contribution is 2.37. The molecule has 0 amide bonds. The second-order valence-corrected chi connectivity index (χ2v) is 7.20. The van der Waals surface area contributed by atoms with E-state index in [1.165, 1.54) is 43.4 Å². The number of benzene rings is 5. The summed E-state index contributed by atoms with van der Waals surface area (Å²) in [5.74, 6) is 0. The third-order valence-electron chi connectivity index (χ3n) is 4.88. The van der Waals surface area contributed by atoms with E-state index in [1.54, 1.807) is 0 Å². The number of halogens is 1. The molecule has 0 aliphatic carbocycles. The number of hydrogen-bond acceptors (Lipinski definition) is 0. The van der Waals surface area contributed by atoms with Crippen molar-refractivity contribution in [3.8, 4) is 11.1 Å². The summed E-state index contributed by atoms with van der Waals surface area (Å²) in [6.07, 6.45) is 0. The molecule has 0 heterocycles. The van der Waals surface area contributed by atoms with Gasteiger partial charge < -0.3 is 0 Å². The molecular weight excluding hydrogens is 368 g/mol. The minimum absolute atomic E-state index is 1.16. The molecule has 5 aromatic carbocycles. The van der Waals surface area contributed by atoms with Gasteiger partial charge in [0, 0.05) is 4.47 Å². The summed E-state index contributed by atoms with van der Waals surface area (Å²) in [4.78, 5) is 0. The van der Waals surface area contributed by atoms with Crippen molar-refractivity contribution in [1.82, 2.24) is 0 Å². The van der Waals surface area contributed by atoms with Crippen LogP contribution in [-0.2, 0) is 0 Å². The van der Waals surface area contributed by atoms with Crippen LogP contribution in [0.15, 0.2) is 95.5 Å². The third kappa shape index (κ3) is 2.43. The Morgan fingerprint density at radius 2 is 1.08 bits per heavy atom. The molecule has 0 saturated heterocycles. The Bertz CT molecular complexity index is 1250. The van der Waals surface area contributed by atoms with Crippen LogP contribution < -0.4 is 0 Å². The van der Waals surface area contributed by atoms with E-state index in [0.717, 1.165) is 4.47 Å². The highest BCUT2D eigenvalue weighted by molar-refractivity contribution is 9.10. The van der Waals surface area contributed by atoms with Crippen molar-refractivity contribution in [2.24, 2.45) is 0 Å². The SMILES string of the molecule is Brc1c(-c2ccc3ccccc3c2)ccc2cc3ccccc3cc12. The van der Waals surface area contributed by atoms with Gasteiger partial charge in [0.1, 0.15) is 0 Å². The second-order valence-electron chi connectivity index (χ2n) is 6.41. The van der Waals surface area contributed by atoms with Gasteiger partial charge >= 0.3 is 0 Å². The lowest BCUT2D eigenvalue weighted by molar-refractivity contribution is 1.65. The highest BCUT2D eigenvalue weighted by atomic mass is 79.9. The molecule has 0 aliphatic heterocycles. The quantitative estimate of drug-likeness (QED) is 0.262. The van der Waals surface area contributed by atoms with Crippen molar-refractivity contribution < 1.29 is 0 Å². The first-order valence-electron chi connectivity index (χ1n) is 8.40. The standard InChI is InChI=1S/C24H15Br/c25-24-22(20-10-9-16-5-1-2-6-17(16)13-20)12-11-21-14-18-7-3-4-8-19(18)15-23(21)24/h1-15H. The Morgan fingerprint density at radius 3 is 1.84 bits per heavy atom. The fourth-order valence-corrected chi connectivity index (χ4v) is 4.26. The lowest BCUT2D eigenvalue weighted by atomic mass is 9.97. The lowest BCUT2D eigenvalue weighted by Gasteiger charge is -2.11. The Labute approximate surface area is 154 Å². The van der Waals surface area contributed by atoms with Gasteiger partial charge in [0.05, 0.1) is 0 Å². The van der Waals surface area contributed by atoms with Crippen LogP contribution in [-0.4, -0.2) is 0 Å². The number of hydrogen-bond donors (Lipinski definition) is 0. The van der Waals surface area contributed by atoms with E-state index in [4.69, 9.17) is 0 Å². The minimum Gasteiger partial charge on any atom is -0.0616 e. The summed E-state index contributed by atoms with van der Waals surface area (Å²) in [6, 6.07) is 32.7. The molecule has 5 aromatic rings. The maximum absolute atomic E-state index is 3.87. The van der Waals surface area contributed by atoms with Crippen LogP contribution in [0, 0.1) is 0 Å². The van der Waals surface area contributed by atoms with Gasteiger partial charge in [0.15, 0.2) is 0 Å². The Balaban J connectivity index is 1.77. The fourth-order valence-electron chi connectivity index (χ4n) is 3.56. The van der Waals surface area contributed by atoms with Gasteiger partial charge in [-0.05, 0) is 77.6 Å². The molecule has 0 spiro atoms. The predicted octanol–water partition coefficient (Wildman–Crippen LogP) is 7.58. The molecule has 0 saturated carbocycles. The molecule has 0 atom stereocenters. The molecule has 0 unspecified atom stereocenters. The van der Waals surface area contributed by atoms with E-state index in [9.17, 15) is 0 Å². The average Bonchev–Trinajstić information content (AvgIpc) is 2.67. The summed E-state index contributed by atoms with van der Waals surface area (Å²) >= 11 is 3.87. The molecule has 0 nitrogen and oxygen atoms in total. The maximum Gasteiger partial charge on any atom is 0.0332 e. The van der Waals surface area contributed by atoms with Gasteiger partial charge in [-0.1, -0.05) is 72.8 Å². The molecule has 1 heteroatoms. The van der Waals surface area contributed by atoms with Crippen molar-refractivity contribution in [3.63, 3.8) is 0 Å². The van der Waals surface area contributed by atoms with Crippen LogP contribution >= 0.6 is 15.9 Å². The second kappa shape index (κ2) is 5.72. The lowest BCUT2D eigenvalue weighted by Crippen LogP contribution is -1.84. The molecule has 0 aliphatic rings. The first-order chi connectivity index (χ1) is 12.3. The van der Waals surface area contributed by atoms with Crippen molar-refractivity contribution in [3.05, 3.63) is 95.5 Å². The molecule has 118 valence electrons. The first-order valence-corrected chi connectivity index (χ1v) is 9.19. The van der Waals surface area contributed by atoms with Gasteiger partial charge in [-0.15, -0.1) is 0 Å². The predicted molar refractivity (Wildman–Crippen MR) is 112 cm³/mol. The zero-order chi connectivity index (χ0) is 16.8. The maximum atomic E-state index is 3.87. The van der Waals surface area contributed by atoms with Gasteiger partial charge in [-0.2, -0.15) is 0 Å². The zero-order valence-electron chi connectivity index (χ0n) is 13.5.